The number of aromatic nitrogens is 2. The zero-order valence-corrected chi connectivity index (χ0v) is 18.5. The van der Waals surface area contributed by atoms with E-state index in [0.29, 0.717) is 22.0 Å². The van der Waals surface area contributed by atoms with Gasteiger partial charge in [-0.1, -0.05) is 36.7 Å². The normalized spacial score (nSPS) is 12.7. The molecule has 1 aromatic carbocycles. The van der Waals surface area contributed by atoms with Gasteiger partial charge in [0.05, 0.1) is 27.4 Å². The Bertz CT molecular complexity index is 1060. The number of nitrogens with zero attached hydrogens (tertiary/aromatic N) is 2. The number of thiophene rings is 1. The first-order chi connectivity index (χ1) is 14.7. The largest absolute Gasteiger partial charge is 0.416 e. The van der Waals surface area contributed by atoms with Gasteiger partial charge in [0, 0.05) is 30.1 Å². The summed E-state index contributed by atoms with van der Waals surface area (Å²) in [7, 11) is 1.76. The van der Waals surface area contributed by atoms with Crippen molar-refractivity contribution in [2.24, 2.45) is 12.8 Å². The molecule has 3 aromatic rings. The van der Waals surface area contributed by atoms with Crippen molar-refractivity contribution in [3.63, 3.8) is 0 Å². The van der Waals surface area contributed by atoms with Crippen molar-refractivity contribution in [2.75, 3.05) is 6.54 Å². The van der Waals surface area contributed by atoms with Gasteiger partial charge in [0.1, 0.15) is 0 Å². The SMILES string of the molecule is CCc1sc(C(=O)N[C@H](CN)Cc2ccccc2C(F)(F)F)cc1-c1c(Cl)cnn1C. The lowest BCUT2D eigenvalue weighted by atomic mass is 9.99. The number of hydrogen-bond acceptors (Lipinski definition) is 4. The number of halogens is 4. The van der Waals surface area contributed by atoms with E-state index in [4.69, 9.17) is 17.3 Å². The van der Waals surface area contributed by atoms with E-state index in [2.05, 4.69) is 10.4 Å². The number of nitrogens with two attached hydrogens (primary N) is 1. The molecule has 0 aliphatic carbocycles. The third kappa shape index (κ3) is 5.11. The Kier molecular flexibility index (Phi) is 7.08. The molecule has 166 valence electrons. The standard InChI is InChI=1S/C21H22ClF3N4OS/c1-3-17-14(19-16(22)11-27-29(19)2)9-18(31-17)20(30)28-13(10-26)8-12-6-4-5-7-15(12)21(23,24)25/h4-7,9,11,13H,3,8,10,26H2,1-2H3,(H,28,30)/t13-/m0/s1. The Balaban J connectivity index is 1.83. The first-order valence-corrected chi connectivity index (χ1v) is 10.8. The third-order valence-electron chi connectivity index (χ3n) is 4.91. The number of carbonyl (C=O) groups excluding carboxylic acids is 1. The molecule has 10 heteroatoms. The molecule has 2 aromatic heterocycles. The van der Waals surface area contributed by atoms with Crippen LogP contribution in [-0.4, -0.2) is 28.3 Å². The van der Waals surface area contributed by atoms with Gasteiger partial charge >= 0.3 is 6.18 Å². The van der Waals surface area contributed by atoms with Gasteiger partial charge < -0.3 is 11.1 Å². The minimum absolute atomic E-state index is 0.00432. The highest BCUT2D eigenvalue weighted by Crippen LogP contribution is 2.36. The van der Waals surface area contributed by atoms with E-state index in [9.17, 15) is 18.0 Å². The molecule has 0 fully saturated rings. The molecule has 5 nitrogen and oxygen atoms in total. The van der Waals surface area contributed by atoms with Crippen molar-refractivity contribution in [3.8, 4) is 11.3 Å². The van der Waals surface area contributed by atoms with Crippen molar-refractivity contribution < 1.29 is 18.0 Å². The van der Waals surface area contributed by atoms with Crippen LogP contribution in [-0.2, 0) is 26.1 Å². The number of hydrogen-bond donors (Lipinski definition) is 2. The second kappa shape index (κ2) is 9.42. The van der Waals surface area contributed by atoms with Crippen LogP contribution in [0.1, 0.15) is 32.6 Å². The van der Waals surface area contributed by atoms with Crippen molar-refractivity contribution >= 4 is 28.8 Å². The summed E-state index contributed by atoms with van der Waals surface area (Å²) in [6.45, 7) is 1.97. The summed E-state index contributed by atoms with van der Waals surface area (Å²) >= 11 is 7.58. The maximum Gasteiger partial charge on any atom is 0.416 e. The number of rotatable bonds is 7. The summed E-state index contributed by atoms with van der Waals surface area (Å²) in [5.74, 6) is -0.385. The summed E-state index contributed by atoms with van der Waals surface area (Å²) < 4.78 is 41.5. The van der Waals surface area contributed by atoms with Crippen LogP contribution in [0.25, 0.3) is 11.3 Å². The van der Waals surface area contributed by atoms with Crippen LogP contribution >= 0.6 is 22.9 Å². The number of benzene rings is 1. The Morgan fingerprint density at radius 2 is 2.06 bits per heavy atom. The maximum atomic E-state index is 13.3. The molecule has 31 heavy (non-hydrogen) atoms. The molecule has 0 bridgehead atoms. The van der Waals surface area contributed by atoms with E-state index >= 15 is 0 Å². The summed E-state index contributed by atoms with van der Waals surface area (Å²) in [6.07, 6.45) is -2.27. The van der Waals surface area contributed by atoms with E-state index in [0.717, 1.165) is 16.5 Å². The van der Waals surface area contributed by atoms with Crippen molar-refractivity contribution in [3.05, 3.63) is 62.4 Å². The Morgan fingerprint density at radius 3 is 2.65 bits per heavy atom. The lowest BCUT2D eigenvalue weighted by Gasteiger charge is -2.19. The van der Waals surface area contributed by atoms with E-state index in [-0.39, 0.29) is 24.4 Å². The van der Waals surface area contributed by atoms with Gasteiger partial charge in [-0.05, 0) is 30.5 Å². The molecule has 1 atom stereocenters. The molecule has 0 aliphatic rings. The van der Waals surface area contributed by atoms with Gasteiger partial charge in [0.25, 0.3) is 5.91 Å². The third-order valence-corrected chi connectivity index (χ3v) is 6.47. The van der Waals surface area contributed by atoms with Gasteiger partial charge in [0.15, 0.2) is 0 Å². The lowest BCUT2D eigenvalue weighted by molar-refractivity contribution is -0.138. The second-order valence-electron chi connectivity index (χ2n) is 7.03. The van der Waals surface area contributed by atoms with Crippen LogP contribution in [0.4, 0.5) is 13.2 Å². The molecule has 0 saturated heterocycles. The Hall–Kier alpha value is -2.36. The number of amides is 1. The molecule has 0 spiro atoms. The van der Waals surface area contributed by atoms with Crippen LogP contribution in [0.3, 0.4) is 0 Å². The molecule has 1 amide bonds. The zero-order chi connectivity index (χ0) is 22.8. The fourth-order valence-corrected chi connectivity index (χ4v) is 4.68. The zero-order valence-electron chi connectivity index (χ0n) is 17.0. The molecule has 2 heterocycles. The molecule has 0 radical (unpaired) electrons. The molecule has 3 N–H and O–H groups in total. The smallest absolute Gasteiger partial charge is 0.347 e. The van der Waals surface area contributed by atoms with Gasteiger partial charge in [-0.3, -0.25) is 9.48 Å². The summed E-state index contributed by atoms with van der Waals surface area (Å²) in [6, 6.07) is 6.40. The van der Waals surface area contributed by atoms with E-state index in [1.807, 2.05) is 6.92 Å². The number of carbonyl (C=O) groups is 1. The fraction of sp³-hybridized carbons (Fsp3) is 0.333. The number of aryl methyl sites for hydroxylation is 2. The number of alkyl halides is 3. The molecule has 0 saturated carbocycles. The minimum Gasteiger partial charge on any atom is -0.347 e. The quantitative estimate of drug-likeness (QED) is 0.526. The van der Waals surface area contributed by atoms with Gasteiger partial charge in [-0.15, -0.1) is 11.3 Å². The van der Waals surface area contributed by atoms with Gasteiger partial charge in [-0.2, -0.15) is 18.3 Å². The fourth-order valence-electron chi connectivity index (χ4n) is 3.41. The monoisotopic (exact) mass is 470 g/mol. The van der Waals surface area contributed by atoms with Gasteiger partial charge in [-0.25, -0.2) is 0 Å². The first-order valence-electron chi connectivity index (χ1n) is 9.62. The molecule has 0 unspecified atom stereocenters. The average molecular weight is 471 g/mol. The van der Waals surface area contributed by atoms with Crippen LogP contribution in [0, 0.1) is 0 Å². The molecular weight excluding hydrogens is 449 g/mol. The molecule has 0 aliphatic heterocycles. The number of nitrogens with one attached hydrogen (secondary N) is 1. The van der Waals surface area contributed by atoms with Crippen LogP contribution in [0.15, 0.2) is 36.5 Å². The minimum atomic E-state index is -4.47. The van der Waals surface area contributed by atoms with Crippen molar-refractivity contribution in [1.82, 2.24) is 15.1 Å². The van der Waals surface area contributed by atoms with Crippen LogP contribution in [0.5, 0.6) is 0 Å². The highest BCUT2D eigenvalue weighted by Gasteiger charge is 2.33. The summed E-state index contributed by atoms with van der Waals surface area (Å²) in [4.78, 5) is 14.3. The first kappa shape index (κ1) is 23.3. The van der Waals surface area contributed by atoms with Crippen LogP contribution < -0.4 is 11.1 Å². The predicted octanol–water partition coefficient (Wildman–Crippen LogP) is 4.68. The Morgan fingerprint density at radius 1 is 1.35 bits per heavy atom. The molecular formula is C21H22ClF3N4OS. The lowest BCUT2D eigenvalue weighted by Crippen LogP contribution is -2.41. The molecule has 3 rings (SSSR count). The van der Waals surface area contributed by atoms with Crippen molar-refractivity contribution in [2.45, 2.75) is 32.0 Å². The van der Waals surface area contributed by atoms with E-state index < -0.39 is 17.8 Å². The van der Waals surface area contributed by atoms with E-state index in [1.165, 1.54) is 35.7 Å². The second-order valence-corrected chi connectivity index (χ2v) is 8.57. The van der Waals surface area contributed by atoms with E-state index in [1.54, 1.807) is 17.8 Å². The highest BCUT2D eigenvalue weighted by molar-refractivity contribution is 7.14. The highest BCUT2D eigenvalue weighted by atomic mass is 35.5. The van der Waals surface area contributed by atoms with Crippen molar-refractivity contribution in [1.29, 1.82) is 0 Å². The Labute approximate surface area is 187 Å². The van der Waals surface area contributed by atoms with Crippen LogP contribution in [0.2, 0.25) is 5.02 Å². The predicted molar refractivity (Wildman–Crippen MR) is 116 cm³/mol. The maximum absolute atomic E-state index is 13.3. The average Bonchev–Trinajstić information content (AvgIpc) is 3.29. The summed E-state index contributed by atoms with van der Waals surface area (Å²) in [5.41, 5.74) is 6.66. The summed E-state index contributed by atoms with van der Waals surface area (Å²) in [5, 5.41) is 7.39. The van der Waals surface area contributed by atoms with Gasteiger partial charge in [0.2, 0.25) is 0 Å². The topological polar surface area (TPSA) is 72.9 Å².